The van der Waals surface area contributed by atoms with Crippen LogP contribution in [0.15, 0.2) is 45.8 Å². The number of phenols is 1. The number of nitrogens with zero attached hydrogens (tertiary/aromatic N) is 1. The number of hydrogen-bond acceptors (Lipinski definition) is 3. The normalized spacial score (nSPS) is 20.9. The van der Waals surface area contributed by atoms with Gasteiger partial charge in [0.2, 0.25) is 0 Å². The van der Waals surface area contributed by atoms with Crippen LogP contribution in [0.4, 0.5) is 5.69 Å². The molecule has 4 heteroatoms. The fraction of sp³-hybridized carbons (Fsp3) is 0.375. The topological polar surface area (TPSA) is 23.5 Å². The third-order valence-corrected chi connectivity index (χ3v) is 5.03. The highest BCUT2D eigenvalue weighted by molar-refractivity contribution is 8.03. The second-order valence-electron chi connectivity index (χ2n) is 5.28. The lowest BCUT2D eigenvalue weighted by atomic mass is 10.00. The minimum absolute atomic E-state index is 0.317. The standard InChI is InChI=1S/C16H18ClNOS/c1-11-3-5-13-16(9-11)20-15-6-4-12(19)10-14(15)18(13)8-2-7-17/h4-6,9-11,19H,2-3,7-8H2,1H3. The Morgan fingerprint density at radius 1 is 1.45 bits per heavy atom. The zero-order chi connectivity index (χ0) is 14.1. The molecule has 2 nitrogen and oxygen atoms in total. The third-order valence-electron chi connectivity index (χ3n) is 3.63. The SMILES string of the molecule is CC1C=C2Sc3ccc(O)cc3N(CCCCl)C2=CC1. The van der Waals surface area contributed by atoms with Gasteiger partial charge in [-0.05, 0) is 30.9 Å². The molecule has 0 bridgehead atoms. The van der Waals surface area contributed by atoms with Gasteiger partial charge in [0.25, 0.3) is 0 Å². The highest BCUT2D eigenvalue weighted by Crippen LogP contribution is 2.49. The minimum atomic E-state index is 0.317. The monoisotopic (exact) mass is 307 g/mol. The molecule has 0 aromatic heterocycles. The fourth-order valence-corrected chi connectivity index (χ4v) is 4.01. The summed E-state index contributed by atoms with van der Waals surface area (Å²) in [6, 6.07) is 5.61. The number of aromatic hydroxyl groups is 1. The van der Waals surface area contributed by atoms with E-state index in [0.29, 0.717) is 17.5 Å². The summed E-state index contributed by atoms with van der Waals surface area (Å²) in [6.07, 6.45) is 6.67. The number of hydrogen-bond donors (Lipinski definition) is 1. The molecule has 0 saturated heterocycles. The van der Waals surface area contributed by atoms with E-state index in [0.717, 1.165) is 25.1 Å². The van der Waals surface area contributed by atoms with Gasteiger partial charge in [0.05, 0.1) is 11.4 Å². The van der Waals surface area contributed by atoms with Gasteiger partial charge in [0, 0.05) is 28.3 Å². The molecule has 1 aromatic rings. The number of thioether (sulfide) groups is 1. The molecule has 0 saturated carbocycles. The zero-order valence-electron chi connectivity index (χ0n) is 11.5. The van der Waals surface area contributed by atoms with Crippen molar-refractivity contribution in [3.63, 3.8) is 0 Å². The van der Waals surface area contributed by atoms with Crippen LogP contribution in [0.1, 0.15) is 19.8 Å². The lowest BCUT2D eigenvalue weighted by Gasteiger charge is -2.37. The number of allylic oxidation sites excluding steroid dienone is 2. The number of anilines is 1. The molecule has 1 N–H and O–H groups in total. The Hall–Kier alpha value is -1.06. The van der Waals surface area contributed by atoms with Gasteiger partial charge in [0.15, 0.2) is 0 Å². The summed E-state index contributed by atoms with van der Waals surface area (Å²) in [7, 11) is 0. The van der Waals surface area contributed by atoms with Crippen LogP contribution in [0.5, 0.6) is 5.75 Å². The lowest BCUT2D eigenvalue weighted by molar-refractivity contribution is 0.475. The molecule has 1 aliphatic carbocycles. The first-order valence-electron chi connectivity index (χ1n) is 6.96. The van der Waals surface area contributed by atoms with Crippen molar-refractivity contribution in [2.45, 2.75) is 24.7 Å². The molecule has 3 rings (SSSR count). The molecule has 1 atom stereocenters. The van der Waals surface area contributed by atoms with Crippen molar-refractivity contribution < 1.29 is 5.11 Å². The summed E-state index contributed by atoms with van der Waals surface area (Å²) in [4.78, 5) is 4.83. The van der Waals surface area contributed by atoms with Crippen LogP contribution in [0.2, 0.25) is 0 Å². The summed E-state index contributed by atoms with van der Waals surface area (Å²) in [5.74, 6) is 1.56. The molecule has 106 valence electrons. The Morgan fingerprint density at radius 2 is 2.30 bits per heavy atom. The molecule has 1 heterocycles. The number of fused-ring (bicyclic) bond motifs is 2. The Balaban J connectivity index is 2.04. The smallest absolute Gasteiger partial charge is 0.117 e. The second kappa shape index (κ2) is 5.74. The van der Waals surface area contributed by atoms with Crippen molar-refractivity contribution in [2.24, 2.45) is 5.92 Å². The van der Waals surface area contributed by atoms with E-state index in [4.69, 9.17) is 11.6 Å². The van der Waals surface area contributed by atoms with Gasteiger partial charge >= 0.3 is 0 Å². The second-order valence-corrected chi connectivity index (χ2v) is 6.74. The zero-order valence-corrected chi connectivity index (χ0v) is 13.0. The van der Waals surface area contributed by atoms with E-state index < -0.39 is 0 Å². The first-order valence-corrected chi connectivity index (χ1v) is 8.31. The van der Waals surface area contributed by atoms with Crippen LogP contribution in [0.25, 0.3) is 0 Å². The number of rotatable bonds is 3. The van der Waals surface area contributed by atoms with E-state index in [9.17, 15) is 5.11 Å². The van der Waals surface area contributed by atoms with Gasteiger partial charge in [-0.2, -0.15) is 0 Å². The maximum absolute atomic E-state index is 9.77. The molecule has 1 aliphatic heterocycles. The minimum Gasteiger partial charge on any atom is -0.508 e. The molecule has 0 spiro atoms. The van der Waals surface area contributed by atoms with E-state index >= 15 is 0 Å². The quantitative estimate of drug-likeness (QED) is 0.816. The Labute approximate surface area is 129 Å². The molecule has 0 fully saturated rings. The van der Waals surface area contributed by atoms with Gasteiger partial charge in [-0.25, -0.2) is 0 Å². The van der Waals surface area contributed by atoms with Crippen LogP contribution < -0.4 is 4.90 Å². The van der Waals surface area contributed by atoms with Gasteiger partial charge in [-0.1, -0.05) is 30.8 Å². The van der Waals surface area contributed by atoms with E-state index in [1.807, 2.05) is 12.1 Å². The van der Waals surface area contributed by atoms with Crippen LogP contribution in [-0.4, -0.2) is 17.5 Å². The molecule has 1 aromatic carbocycles. The molecule has 2 aliphatic rings. The molecule has 20 heavy (non-hydrogen) atoms. The summed E-state index contributed by atoms with van der Waals surface area (Å²) < 4.78 is 0. The number of halogens is 1. The van der Waals surface area contributed by atoms with Gasteiger partial charge in [-0.15, -0.1) is 11.6 Å². The molecule has 0 amide bonds. The predicted molar refractivity (Wildman–Crippen MR) is 86.6 cm³/mol. The highest BCUT2D eigenvalue weighted by atomic mass is 35.5. The van der Waals surface area contributed by atoms with Crippen molar-refractivity contribution in [1.82, 2.24) is 0 Å². The summed E-state index contributed by atoms with van der Waals surface area (Å²) in [6.45, 7) is 3.13. The van der Waals surface area contributed by atoms with Gasteiger partial charge < -0.3 is 10.0 Å². The lowest BCUT2D eigenvalue weighted by Crippen LogP contribution is -2.29. The average molecular weight is 308 g/mol. The number of alkyl halides is 1. The first-order chi connectivity index (χ1) is 9.69. The third kappa shape index (κ3) is 2.57. The van der Waals surface area contributed by atoms with Crippen LogP contribution in [0, 0.1) is 5.92 Å². The van der Waals surface area contributed by atoms with E-state index in [1.165, 1.54) is 15.5 Å². The average Bonchev–Trinajstić information content (AvgIpc) is 2.43. The first kappa shape index (κ1) is 13.9. The summed E-state index contributed by atoms with van der Waals surface area (Å²) >= 11 is 7.66. The van der Waals surface area contributed by atoms with Crippen molar-refractivity contribution in [2.75, 3.05) is 17.3 Å². The molecule has 1 unspecified atom stereocenters. The van der Waals surface area contributed by atoms with Crippen LogP contribution >= 0.6 is 23.4 Å². The van der Waals surface area contributed by atoms with Gasteiger partial charge in [-0.3, -0.25) is 0 Å². The Bertz CT molecular complexity index is 582. The maximum atomic E-state index is 9.77. The van der Waals surface area contributed by atoms with Crippen molar-refractivity contribution >= 4 is 29.1 Å². The van der Waals surface area contributed by atoms with Crippen LogP contribution in [-0.2, 0) is 0 Å². The molecule has 0 radical (unpaired) electrons. The number of benzene rings is 1. The highest BCUT2D eigenvalue weighted by Gasteiger charge is 2.28. The van der Waals surface area contributed by atoms with E-state index in [1.54, 1.807) is 17.8 Å². The van der Waals surface area contributed by atoms with E-state index in [-0.39, 0.29) is 0 Å². The van der Waals surface area contributed by atoms with E-state index in [2.05, 4.69) is 24.0 Å². The molecular weight excluding hydrogens is 290 g/mol. The van der Waals surface area contributed by atoms with Crippen LogP contribution in [0.3, 0.4) is 0 Å². The Morgan fingerprint density at radius 3 is 3.10 bits per heavy atom. The predicted octanol–water partition coefficient (Wildman–Crippen LogP) is 4.74. The largest absolute Gasteiger partial charge is 0.508 e. The maximum Gasteiger partial charge on any atom is 0.117 e. The summed E-state index contributed by atoms with van der Waals surface area (Å²) in [5, 5.41) is 9.77. The van der Waals surface area contributed by atoms with Crippen molar-refractivity contribution in [1.29, 1.82) is 0 Å². The van der Waals surface area contributed by atoms with Crippen molar-refractivity contribution in [3.8, 4) is 5.75 Å². The fourth-order valence-electron chi connectivity index (χ4n) is 2.65. The number of phenolic OH excluding ortho intramolecular Hbond substituents is 1. The molecular formula is C16H18ClNOS. The summed E-state index contributed by atoms with van der Waals surface area (Å²) in [5.41, 5.74) is 2.37. The Kier molecular flexibility index (Phi) is 3.99. The van der Waals surface area contributed by atoms with Crippen molar-refractivity contribution in [3.05, 3.63) is 41.0 Å². The van der Waals surface area contributed by atoms with Gasteiger partial charge in [0.1, 0.15) is 5.75 Å².